The molecule has 0 heterocycles. The Morgan fingerprint density at radius 2 is 1.62 bits per heavy atom. The van der Waals surface area contributed by atoms with Crippen molar-refractivity contribution in [3.8, 4) is 11.5 Å². The van der Waals surface area contributed by atoms with Crippen LogP contribution in [0.25, 0.3) is 0 Å². The number of hydrogen-bond acceptors (Lipinski definition) is 6. The van der Waals surface area contributed by atoms with Gasteiger partial charge in [-0.3, -0.25) is 14.4 Å². The van der Waals surface area contributed by atoms with E-state index in [4.69, 9.17) is 9.47 Å². The van der Waals surface area contributed by atoms with E-state index in [0.717, 1.165) is 12.1 Å². The molecule has 0 spiro atoms. The van der Waals surface area contributed by atoms with Crippen molar-refractivity contribution in [2.24, 2.45) is 5.10 Å². The van der Waals surface area contributed by atoms with Crippen LogP contribution in [0.5, 0.6) is 11.5 Å². The van der Waals surface area contributed by atoms with Crippen molar-refractivity contribution in [2.75, 3.05) is 24.4 Å². The first-order chi connectivity index (χ1) is 16.4. The molecule has 0 aliphatic carbocycles. The minimum Gasteiger partial charge on any atom is -0.497 e. The highest BCUT2D eigenvalue weighted by Crippen LogP contribution is 2.17. The summed E-state index contributed by atoms with van der Waals surface area (Å²) in [5.74, 6) is -1.75. The summed E-state index contributed by atoms with van der Waals surface area (Å²) in [6.45, 7) is -0.224. The summed E-state index contributed by atoms with van der Waals surface area (Å²) in [4.78, 5) is 35.8. The largest absolute Gasteiger partial charge is 0.497 e. The van der Waals surface area contributed by atoms with Gasteiger partial charge in [-0.15, -0.1) is 0 Å². The first-order valence-electron chi connectivity index (χ1n) is 9.99. The number of halogens is 1. The number of nitrogens with zero attached hydrogens (tertiary/aromatic N) is 1. The van der Waals surface area contributed by atoms with Gasteiger partial charge in [0.25, 0.3) is 5.91 Å². The van der Waals surface area contributed by atoms with Gasteiger partial charge >= 0.3 is 11.8 Å². The van der Waals surface area contributed by atoms with Crippen LogP contribution in [0, 0.1) is 5.82 Å². The van der Waals surface area contributed by atoms with Gasteiger partial charge in [0.2, 0.25) is 0 Å². The second-order valence-electron chi connectivity index (χ2n) is 6.80. The van der Waals surface area contributed by atoms with E-state index in [1.165, 1.54) is 25.5 Å². The van der Waals surface area contributed by atoms with Crippen molar-refractivity contribution in [3.63, 3.8) is 0 Å². The molecule has 9 nitrogen and oxygen atoms in total. The van der Waals surface area contributed by atoms with Crippen LogP contribution in [-0.4, -0.2) is 37.7 Å². The Kier molecular flexibility index (Phi) is 8.28. The maximum absolute atomic E-state index is 12.9. The fourth-order valence-electron chi connectivity index (χ4n) is 2.67. The lowest BCUT2D eigenvalue weighted by Gasteiger charge is -2.09. The average molecular weight is 464 g/mol. The third kappa shape index (κ3) is 7.45. The summed E-state index contributed by atoms with van der Waals surface area (Å²) in [5, 5.41) is 8.76. The monoisotopic (exact) mass is 464 g/mol. The quantitative estimate of drug-likeness (QED) is 0.269. The van der Waals surface area contributed by atoms with E-state index in [0.29, 0.717) is 22.7 Å². The number of ether oxygens (including phenoxy) is 2. The first kappa shape index (κ1) is 23.9. The highest BCUT2D eigenvalue weighted by molar-refractivity contribution is 6.39. The van der Waals surface area contributed by atoms with Crippen molar-refractivity contribution in [1.29, 1.82) is 0 Å². The molecule has 0 aromatic heterocycles. The van der Waals surface area contributed by atoms with Gasteiger partial charge in [0.15, 0.2) is 6.61 Å². The summed E-state index contributed by atoms with van der Waals surface area (Å²) >= 11 is 0. The van der Waals surface area contributed by atoms with E-state index in [9.17, 15) is 18.8 Å². The molecule has 0 saturated heterocycles. The van der Waals surface area contributed by atoms with Crippen LogP contribution in [0.15, 0.2) is 77.9 Å². The predicted octanol–water partition coefficient (Wildman–Crippen LogP) is 2.94. The number of methoxy groups -OCH3 is 1. The third-order valence-corrected chi connectivity index (χ3v) is 4.27. The zero-order valence-corrected chi connectivity index (χ0v) is 18.1. The summed E-state index contributed by atoms with van der Waals surface area (Å²) in [5.41, 5.74) is 3.50. The molecule has 3 N–H and O–H groups in total. The van der Waals surface area contributed by atoms with Crippen LogP contribution < -0.4 is 25.5 Å². The van der Waals surface area contributed by atoms with Crippen LogP contribution in [-0.2, 0) is 14.4 Å². The molecule has 0 aliphatic heterocycles. The van der Waals surface area contributed by atoms with Gasteiger partial charge in [-0.05, 0) is 54.1 Å². The summed E-state index contributed by atoms with van der Waals surface area (Å²) in [6, 6.07) is 18.5. The van der Waals surface area contributed by atoms with Gasteiger partial charge in [-0.25, -0.2) is 9.82 Å². The summed E-state index contributed by atoms with van der Waals surface area (Å²) < 4.78 is 23.5. The maximum atomic E-state index is 12.9. The molecule has 0 bridgehead atoms. The second kappa shape index (κ2) is 11.8. The number of benzene rings is 3. The van der Waals surface area contributed by atoms with E-state index in [2.05, 4.69) is 21.2 Å². The number of rotatable bonds is 8. The number of anilines is 2. The molecule has 0 atom stereocenters. The summed E-state index contributed by atoms with van der Waals surface area (Å²) in [7, 11) is 1.54. The van der Waals surface area contributed by atoms with E-state index >= 15 is 0 Å². The van der Waals surface area contributed by atoms with Crippen LogP contribution in [0.3, 0.4) is 0 Å². The van der Waals surface area contributed by atoms with Gasteiger partial charge in [-0.1, -0.05) is 18.2 Å². The number of nitrogens with one attached hydrogen (secondary N) is 3. The van der Waals surface area contributed by atoms with Crippen molar-refractivity contribution >= 4 is 35.3 Å². The van der Waals surface area contributed by atoms with Gasteiger partial charge in [0, 0.05) is 17.4 Å². The molecule has 174 valence electrons. The molecule has 0 saturated carbocycles. The normalized spacial score (nSPS) is 10.4. The minimum atomic E-state index is -0.998. The molecule has 3 amide bonds. The van der Waals surface area contributed by atoms with Crippen LogP contribution in [0.2, 0.25) is 0 Å². The average Bonchev–Trinajstić information content (AvgIpc) is 2.84. The lowest BCUT2D eigenvalue weighted by Crippen LogP contribution is -2.32. The minimum absolute atomic E-state index is 0.224. The molecular formula is C24H21FN4O5. The highest BCUT2D eigenvalue weighted by Gasteiger charge is 2.12. The van der Waals surface area contributed by atoms with E-state index in [1.807, 2.05) is 0 Å². The van der Waals surface area contributed by atoms with E-state index in [-0.39, 0.29) is 18.2 Å². The highest BCUT2D eigenvalue weighted by atomic mass is 19.1. The fourth-order valence-corrected chi connectivity index (χ4v) is 2.67. The van der Waals surface area contributed by atoms with Crippen LogP contribution >= 0.6 is 0 Å². The molecule has 34 heavy (non-hydrogen) atoms. The number of carbonyl (C=O) groups excluding carboxylic acids is 3. The Hall–Kier alpha value is -4.73. The fraction of sp³-hybridized carbons (Fsp3) is 0.0833. The third-order valence-electron chi connectivity index (χ3n) is 4.27. The molecule has 0 aliphatic rings. The van der Waals surface area contributed by atoms with Crippen LogP contribution in [0.1, 0.15) is 5.56 Å². The van der Waals surface area contributed by atoms with E-state index in [1.54, 1.807) is 48.5 Å². The van der Waals surface area contributed by atoms with Gasteiger partial charge in [-0.2, -0.15) is 5.10 Å². The zero-order chi connectivity index (χ0) is 24.3. The molecule has 0 fully saturated rings. The molecule has 10 heteroatoms. The van der Waals surface area contributed by atoms with Gasteiger partial charge in [0.05, 0.1) is 13.3 Å². The first-order valence-corrected chi connectivity index (χ1v) is 9.99. The number of carbonyl (C=O) groups is 3. The standard InChI is InChI=1S/C24H21FN4O5/c1-33-20-6-3-5-19(13-20)27-22(30)15-34-21-7-2-4-16(12-21)14-26-29-24(32)23(31)28-18-10-8-17(25)9-11-18/h2-14H,15H2,1H3,(H,27,30)(H,28,31)(H,29,32)/b26-14-. The van der Waals surface area contributed by atoms with Gasteiger partial charge < -0.3 is 20.1 Å². The van der Waals surface area contributed by atoms with Crippen molar-refractivity contribution in [2.45, 2.75) is 0 Å². The number of amides is 3. The molecule has 3 rings (SSSR count). The topological polar surface area (TPSA) is 118 Å². The molecule has 0 unspecified atom stereocenters. The molecule has 3 aromatic carbocycles. The Labute approximate surface area is 194 Å². The predicted molar refractivity (Wildman–Crippen MR) is 124 cm³/mol. The SMILES string of the molecule is COc1cccc(NC(=O)COc2cccc(/C=N\NC(=O)C(=O)Nc3ccc(F)cc3)c2)c1. The van der Waals surface area contributed by atoms with Crippen molar-refractivity contribution in [1.82, 2.24) is 5.43 Å². The zero-order valence-electron chi connectivity index (χ0n) is 18.1. The van der Waals surface area contributed by atoms with Crippen LogP contribution in [0.4, 0.5) is 15.8 Å². The maximum Gasteiger partial charge on any atom is 0.329 e. The molecular weight excluding hydrogens is 443 g/mol. The lowest BCUT2D eigenvalue weighted by atomic mass is 10.2. The lowest BCUT2D eigenvalue weighted by molar-refractivity contribution is -0.136. The van der Waals surface area contributed by atoms with Crippen molar-refractivity contribution in [3.05, 3.63) is 84.2 Å². The Morgan fingerprint density at radius 3 is 2.38 bits per heavy atom. The smallest absolute Gasteiger partial charge is 0.329 e. The number of hydrazone groups is 1. The van der Waals surface area contributed by atoms with Gasteiger partial charge in [0.1, 0.15) is 17.3 Å². The van der Waals surface area contributed by atoms with Crippen molar-refractivity contribution < 1.29 is 28.2 Å². The Balaban J connectivity index is 1.47. The number of hydrogen-bond donors (Lipinski definition) is 3. The Morgan fingerprint density at radius 1 is 0.882 bits per heavy atom. The second-order valence-corrected chi connectivity index (χ2v) is 6.80. The molecule has 0 radical (unpaired) electrons. The molecule has 3 aromatic rings. The Bertz CT molecular complexity index is 1200. The van der Waals surface area contributed by atoms with E-state index < -0.39 is 17.6 Å². The summed E-state index contributed by atoms with van der Waals surface area (Å²) in [6.07, 6.45) is 1.31.